The largest absolute Gasteiger partial charge is 0.412 e. The van der Waals surface area contributed by atoms with E-state index in [1.165, 1.54) is 0 Å². The number of hydrazine groups is 1. The Morgan fingerprint density at radius 1 is 1.18 bits per heavy atom. The first-order chi connectivity index (χ1) is 8.27. The van der Waals surface area contributed by atoms with Gasteiger partial charge in [0, 0.05) is 5.57 Å². The van der Waals surface area contributed by atoms with Crippen LogP contribution in [0.4, 0.5) is 0 Å². The van der Waals surface area contributed by atoms with Crippen molar-refractivity contribution < 1.29 is 9.63 Å². The van der Waals surface area contributed by atoms with Crippen LogP contribution in [-0.4, -0.2) is 11.9 Å². The van der Waals surface area contributed by atoms with E-state index in [0.717, 1.165) is 16.9 Å². The summed E-state index contributed by atoms with van der Waals surface area (Å²) < 4.78 is 0. The van der Waals surface area contributed by atoms with Crippen LogP contribution in [0.3, 0.4) is 0 Å². The van der Waals surface area contributed by atoms with Crippen LogP contribution in [0.15, 0.2) is 41.7 Å². The number of carbonyl (C=O) groups is 1. The van der Waals surface area contributed by atoms with Crippen LogP contribution >= 0.6 is 0 Å². The number of nitrogens with one attached hydrogen (secondary N) is 3. The monoisotopic (exact) mass is 231 g/mol. The molecular formula is C12H13N3O2. The first-order valence-electron chi connectivity index (χ1n) is 5.51. The minimum Gasteiger partial charge on any atom is -0.412 e. The van der Waals surface area contributed by atoms with Crippen molar-refractivity contribution in [1.29, 1.82) is 0 Å². The summed E-state index contributed by atoms with van der Waals surface area (Å²) in [4.78, 5) is 16.9. The fourth-order valence-corrected chi connectivity index (χ4v) is 2.24. The van der Waals surface area contributed by atoms with Gasteiger partial charge in [0.1, 0.15) is 11.8 Å². The Morgan fingerprint density at radius 2 is 1.94 bits per heavy atom. The summed E-state index contributed by atoms with van der Waals surface area (Å²) >= 11 is 0. The molecule has 2 heterocycles. The molecule has 0 bridgehead atoms. The molecule has 5 nitrogen and oxygen atoms in total. The number of fused-ring (bicyclic) bond motifs is 1. The smallest absolute Gasteiger partial charge is 0.259 e. The first-order valence-corrected chi connectivity index (χ1v) is 5.51. The maximum absolute atomic E-state index is 11.6. The molecule has 1 saturated heterocycles. The lowest BCUT2D eigenvalue weighted by atomic mass is 9.91. The molecule has 2 aliphatic rings. The summed E-state index contributed by atoms with van der Waals surface area (Å²) in [6.45, 7) is 1.86. The van der Waals surface area contributed by atoms with Crippen molar-refractivity contribution in [1.82, 2.24) is 16.3 Å². The number of allylic oxidation sites excluding steroid dienone is 1. The lowest BCUT2D eigenvalue weighted by molar-refractivity contribution is -0.126. The molecule has 17 heavy (non-hydrogen) atoms. The Morgan fingerprint density at radius 3 is 2.71 bits per heavy atom. The minimum atomic E-state index is -0.401. The Kier molecular flexibility index (Phi) is 2.35. The van der Waals surface area contributed by atoms with Gasteiger partial charge in [-0.2, -0.15) is 0 Å². The minimum absolute atomic E-state index is 0.0473. The van der Waals surface area contributed by atoms with Crippen molar-refractivity contribution in [2.24, 2.45) is 0 Å². The summed E-state index contributed by atoms with van der Waals surface area (Å²) in [6, 6.07) is 9.50. The highest BCUT2D eigenvalue weighted by Crippen LogP contribution is 2.32. The lowest BCUT2D eigenvalue weighted by Gasteiger charge is -2.29. The number of carbonyl (C=O) groups excluding carboxylic acids is 1. The van der Waals surface area contributed by atoms with Gasteiger partial charge in [-0.1, -0.05) is 30.3 Å². The molecule has 1 aromatic rings. The van der Waals surface area contributed by atoms with Gasteiger partial charge in [-0.3, -0.25) is 10.2 Å². The van der Waals surface area contributed by atoms with Gasteiger partial charge in [0.15, 0.2) is 0 Å². The molecule has 0 spiro atoms. The summed E-state index contributed by atoms with van der Waals surface area (Å²) in [5, 5.41) is 0. The summed E-state index contributed by atoms with van der Waals surface area (Å²) in [5.74, 6) is 0.634. The zero-order valence-electron chi connectivity index (χ0n) is 9.36. The molecule has 0 aromatic heterocycles. The molecule has 2 unspecified atom stereocenters. The molecule has 1 fully saturated rings. The molecule has 3 rings (SSSR count). The van der Waals surface area contributed by atoms with Gasteiger partial charge in [-0.25, -0.2) is 5.43 Å². The highest BCUT2D eigenvalue weighted by atomic mass is 16.7. The summed E-state index contributed by atoms with van der Waals surface area (Å²) in [7, 11) is 0. The van der Waals surface area contributed by atoms with Gasteiger partial charge in [0.05, 0.1) is 6.04 Å². The van der Waals surface area contributed by atoms with E-state index in [1.807, 2.05) is 37.3 Å². The first kappa shape index (κ1) is 10.3. The van der Waals surface area contributed by atoms with E-state index in [1.54, 1.807) is 0 Å². The second-order valence-electron chi connectivity index (χ2n) is 4.14. The van der Waals surface area contributed by atoms with E-state index >= 15 is 0 Å². The van der Waals surface area contributed by atoms with Crippen LogP contribution in [-0.2, 0) is 9.63 Å². The van der Waals surface area contributed by atoms with Crippen LogP contribution in [0.25, 0.3) is 0 Å². The zero-order valence-corrected chi connectivity index (χ0v) is 9.36. The SMILES string of the molecule is CC1=C2C(NO1)C(=O)NNC2c1ccccc1. The van der Waals surface area contributed by atoms with Gasteiger partial charge in [0.2, 0.25) is 0 Å². The van der Waals surface area contributed by atoms with Gasteiger partial charge in [-0.15, -0.1) is 5.48 Å². The number of hydrogen-bond donors (Lipinski definition) is 3. The average Bonchev–Trinajstić information content (AvgIpc) is 2.75. The molecule has 1 aromatic carbocycles. The maximum Gasteiger partial charge on any atom is 0.259 e. The number of rotatable bonds is 1. The molecule has 5 heteroatoms. The van der Waals surface area contributed by atoms with Gasteiger partial charge < -0.3 is 4.84 Å². The molecule has 1 amide bonds. The second-order valence-corrected chi connectivity index (χ2v) is 4.14. The van der Waals surface area contributed by atoms with E-state index in [-0.39, 0.29) is 11.9 Å². The van der Waals surface area contributed by atoms with E-state index in [9.17, 15) is 4.79 Å². The van der Waals surface area contributed by atoms with Crippen LogP contribution < -0.4 is 16.3 Å². The molecule has 0 radical (unpaired) electrons. The number of amides is 1. The number of benzene rings is 1. The van der Waals surface area contributed by atoms with Crippen LogP contribution in [0.1, 0.15) is 18.5 Å². The standard InChI is InChI=1S/C12H13N3O2/c1-7-9-10(8-5-3-2-4-6-8)13-14-12(16)11(9)15-17-7/h2-6,10-11,13,15H,1H3,(H,14,16). The molecule has 3 N–H and O–H groups in total. The van der Waals surface area contributed by atoms with Crippen molar-refractivity contribution in [3.8, 4) is 0 Å². The highest BCUT2D eigenvalue weighted by Gasteiger charge is 2.40. The highest BCUT2D eigenvalue weighted by molar-refractivity contribution is 5.86. The molecule has 0 saturated carbocycles. The number of hydrogen-bond acceptors (Lipinski definition) is 4. The molecular weight excluding hydrogens is 218 g/mol. The van der Waals surface area contributed by atoms with E-state index in [4.69, 9.17) is 4.84 Å². The number of hydroxylamine groups is 1. The van der Waals surface area contributed by atoms with Crippen LogP contribution in [0.5, 0.6) is 0 Å². The van der Waals surface area contributed by atoms with Crippen molar-refractivity contribution in [2.75, 3.05) is 0 Å². The zero-order chi connectivity index (χ0) is 11.8. The Balaban J connectivity index is 2.01. The quantitative estimate of drug-likeness (QED) is 0.660. The third-order valence-corrected chi connectivity index (χ3v) is 3.09. The van der Waals surface area contributed by atoms with Gasteiger partial charge in [0.25, 0.3) is 5.91 Å². The second kappa shape index (κ2) is 3.87. The Labute approximate surface area is 98.8 Å². The average molecular weight is 231 g/mol. The van der Waals surface area contributed by atoms with Crippen molar-refractivity contribution in [2.45, 2.75) is 19.0 Å². The predicted octanol–water partition coefficient (Wildman–Crippen LogP) is 0.539. The fraction of sp³-hybridized carbons (Fsp3) is 0.250. The normalized spacial score (nSPS) is 27.5. The molecule has 0 aliphatic carbocycles. The lowest BCUT2D eigenvalue weighted by Crippen LogP contribution is -2.55. The van der Waals surface area contributed by atoms with E-state index < -0.39 is 6.04 Å². The fourth-order valence-electron chi connectivity index (χ4n) is 2.24. The van der Waals surface area contributed by atoms with Crippen molar-refractivity contribution in [3.63, 3.8) is 0 Å². The maximum atomic E-state index is 11.6. The van der Waals surface area contributed by atoms with Gasteiger partial charge in [-0.05, 0) is 12.5 Å². The summed E-state index contributed by atoms with van der Waals surface area (Å²) in [6.07, 6.45) is 0. The Hall–Kier alpha value is -1.85. The predicted molar refractivity (Wildman–Crippen MR) is 61.2 cm³/mol. The van der Waals surface area contributed by atoms with Crippen molar-refractivity contribution in [3.05, 3.63) is 47.2 Å². The van der Waals surface area contributed by atoms with Crippen molar-refractivity contribution >= 4 is 5.91 Å². The third kappa shape index (κ3) is 1.60. The Bertz CT molecular complexity index is 484. The summed E-state index contributed by atoms with van der Waals surface area (Å²) in [5.41, 5.74) is 10.4. The topological polar surface area (TPSA) is 62.4 Å². The molecule has 2 aliphatic heterocycles. The molecule has 2 atom stereocenters. The molecule has 88 valence electrons. The van der Waals surface area contributed by atoms with E-state index in [2.05, 4.69) is 16.3 Å². The third-order valence-electron chi connectivity index (χ3n) is 3.09. The van der Waals surface area contributed by atoms with Gasteiger partial charge >= 0.3 is 0 Å². The van der Waals surface area contributed by atoms with Crippen LogP contribution in [0, 0.1) is 0 Å². The van der Waals surface area contributed by atoms with Crippen LogP contribution in [0.2, 0.25) is 0 Å². The van der Waals surface area contributed by atoms with E-state index in [0.29, 0.717) is 0 Å².